The quantitative estimate of drug-likeness (QED) is 0.847. The largest absolute Gasteiger partial charge is 0.361 e. The maximum atomic E-state index is 12.2. The second-order valence-corrected chi connectivity index (χ2v) is 5.57. The van der Waals surface area contributed by atoms with E-state index in [0.717, 1.165) is 10.9 Å². The molecule has 1 amide bonds. The van der Waals surface area contributed by atoms with Crippen LogP contribution in [-0.4, -0.2) is 38.8 Å². The molecule has 1 aliphatic rings. The fourth-order valence-corrected chi connectivity index (χ4v) is 2.59. The van der Waals surface area contributed by atoms with Gasteiger partial charge in [-0.1, -0.05) is 5.16 Å². The molecular formula is C12H13BrN4O2. The van der Waals surface area contributed by atoms with Crippen LogP contribution in [0.1, 0.15) is 28.7 Å². The SMILES string of the molecule is Cc1cc(C(=O)N2CCC(n3cc(Br)cn3)C2)no1. The Morgan fingerprint density at radius 1 is 1.58 bits per heavy atom. The summed E-state index contributed by atoms with van der Waals surface area (Å²) in [5.74, 6) is 0.570. The minimum atomic E-state index is -0.0782. The van der Waals surface area contributed by atoms with E-state index in [0.29, 0.717) is 24.5 Å². The van der Waals surface area contributed by atoms with Crippen LogP contribution in [0.3, 0.4) is 0 Å². The Hall–Kier alpha value is -1.63. The summed E-state index contributed by atoms with van der Waals surface area (Å²) in [6, 6.07) is 1.89. The lowest BCUT2D eigenvalue weighted by molar-refractivity contribution is 0.0776. The normalized spacial score (nSPS) is 19.1. The molecule has 0 radical (unpaired) electrons. The molecule has 0 aromatic carbocycles. The molecule has 2 aromatic heterocycles. The summed E-state index contributed by atoms with van der Waals surface area (Å²) in [4.78, 5) is 14.0. The average Bonchev–Trinajstić information content (AvgIpc) is 3.07. The van der Waals surface area contributed by atoms with Gasteiger partial charge in [-0.3, -0.25) is 9.48 Å². The smallest absolute Gasteiger partial charge is 0.276 e. The lowest BCUT2D eigenvalue weighted by Crippen LogP contribution is -2.29. The molecule has 0 spiro atoms. The number of halogens is 1. The van der Waals surface area contributed by atoms with E-state index in [4.69, 9.17) is 4.52 Å². The molecule has 1 saturated heterocycles. The summed E-state index contributed by atoms with van der Waals surface area (Å²) >= 11 is 3.38. The van der Waals surface area contributed by atoms with Gasteiger partial charge in [0.05, 0.1) is 16.7 Å². The zero-order valence-electron chi connectivity index (χ0n) is 10.4. The van der Waals surface area contributed by atoms with Crippen molar-refractivity contribution in [2.75, 3.05) is 13.1 Å². The van der Waals surface area contributed by atoms with E-state index in [1.54, 1.807) is 24.1 Å². The highest BCUT2D eigenvalue weighted by Crippen LogP contribution is 2.23. The number of hydrogen-bond acceptors (Lipinski definition) is 4. The van der Waals surface area contributed by atoms with Gasteiger partial charge >= 0.3 is 0 Å². The van der Waals surface area contributed by atoms with E-state index in [2.05, 4.69) is 26.2 Å². The Balaban J connectivity index is 1.70. The molecule has 3 heterocycles. The summed E-state index contributed by atoms with van der Waals surface area (Å²) in [7, 11) is 0. The van der Waals surface area contributed by atoms with Gasteiger partial charge in [-0.15, -0.1) is 0 Å². The molecule has 1 atom stereocenters. The van der Waals surface area contributed by atoms with E-state index in [-0.39, 0.29) is 11.9 Å². The minimum absolute atomic E-state index is 0.0782. The summed E-state index contributed by atoms with van der Waals surface area (Å²) in [5, 5.41) is 8.03. The second kappa shape index (κ2) is 4.80. The molecule has 1 aliphatic heterocycles. The Kier molecular flexibility index (Phi) is 3.14. The number of nitrogens with zero attached hydrogens (tertiary/aromatic N) is 4. The Morgan fingerprint density at radius 3 is 3.05 bits per heavy atom. The van der Waals surface area contributed by atoms with Gasteiger partial charge in [-0.25, -0.2) is 0 Å². The summed E-state index contributed by atoms with van der Waals surface area (Å²) in [6.45, 7) is 3.14. The molecule has 19 heavy (non-hydrogen) atoms. The molecule has 0 aliphatic carbocycles. The molecule has 7 heteroatoms. The third-order valence-corrected chi connectivity index (χ3v) is 3.65. The number of aromatic nitrogens is 3. The first-order valence-electron chi connectivity index (χ1n) is 6.06. The molecule has 0 bridgehead atoms. The van der Waals surface area contributed by atoms with Crippen molar-refractivity contribution in [3.8, 4) is 0 Å². The molecule has 1 unspecified atom stereocenters. The maximum Gasteiger partial charge on any atom is 0.276 e. The molecule has 1 fully saturated rings. The van der Waals surface area contributed by atoms with Crippen molar-refractivity contribution in [3.05, 3.63) is 34.4 Å². The van der Waals surface area contributed by atoms with Crippen molar-refractivity contribution < 1.29 is 9.32 Å². The lowest BCUT2D eigenvalue weighted by Gasteiger charge is -2.14. The Labute approximate surface area is 118 Å². The first-order chi connectivity index (χ1) is 9.13. The number of rotatable bonds is 2. The van der Waals surface area contributed by atoms with Crippen LogP contribution >= 0.6 is 15.9 Å². The van der Waals surface area contributed by atoms with Gasteiger partial charge in [-0.05, 0) is 29.3 Å². The van der Waals surface area contributed by atoms with Crippen LogP contribution in [0.5, 0.6) is 0 Å². The van der Waals surface area contributed by atoms with Gasteiger partial charge in [0, 0.05) is 25.4 Å². The summed E-state index contributed by atoms with van der Waals surface area (Å²) < 4.78 is 7.78. The molecule has 6 nitrogen and oxygen atoms in total. The third kappa shape index (κ3) is 2.42. The zero-order chi connectivity index (χ0) is 13.4. The predicted molar refractivity (Wildman–Crippen MR) is 70.7 cm³/mol. The zero-order valence-corrected chi connectivity index (χ0v) is 12.0. The fourth-order valence-electron chi connectivity index (χ4n) is 2.29. The van der Waals surface area contributed by atoms with Crippen LogP contribution in [-0.2, 0) is 0 Å². The van der Waals surface area contributed by atoms with Gasteiger partial charge in [-0.2, -0.15) is 5.10 Å². The number of carbonyl (C=O) groups is 1. The van der Waals surface area contributed by atoms with E-state index in [1.165, 1.54) is 0 Å². The van der Waals surface area contributed by atoms with Crippen molar-refractivity contribution in [2.24, 2.45) is 0 Å². The van der Waals surface area contributed by atoms with Crippen molar-refractivity contribution in [3.63, 3.8) is 0 Å². The minimum Gasteiger partial charge on any atom is -0.361 e. The summed E-state index contributed by atoms with van der Waals surface area (Å²) in [5.41, 5.74) is 0.375. The molecule has 0 N–H and O–H groups in total. The number of carbonyl (C=O) groups excluding carboxylic acids is 1. The van der Waals surface area contributed by atoms with Crippen molar-refractivity contribution >= 4 is 21.8 Å². The number of hydrogen-bond donors (Lipinski definition) is 0. The van der Waals surface area contributed by atoms with E-state index in [1.807, 2.05) is 10.9 Å². The highest BCUT2D eigenvalue weighted by Gasteiger charge is 2.29. The molecule has 0 saturated carbocycles. The molecule has 3 rings (SSSR count). The van der Waals surface area contributed by atoms with Gasteiger partial charge < -0.3 is 9.42 Å². The highest BCUT2D eigenvalue weighted by molar-refractivity contribution is 9.10. The number of amides is 1. The van der Waals surface area contributed by atoms with Crippen LogP contribution in [0, 0.1) is 6.92 Å². The Bertz CT molecular complexity index is 606. The predicted octanol–water partition coefficient (Wildman–Crippen LogP) is 2.03. The fraction of sp³-hybridized carbons (Fsp3) is 0.417. The molecular weight excluding hydrogens is 312 g/mol. The van der Waals surface area contributed by atoms with Gasteiger partial charge in [0.25, 0.3) is 5.91 Å². The van der Waals surface area contributed by atoms with Crippen LogP contribution in [0.4, 0.5) is 0 Å². The van der Waals surface area contributed by atoms with Gasteiger partial charge in [0.15, 0.2) is 5.69 Å². The van der Waals surface area contributed by atoms with Crippen LogP contribution < -0.4 is 0 Å². The van der Waals surface area contributed by atoms with E-state index >= 15 is 0 Å². The monoisotopic (exact) mass is 324 g/mol. The number of likely N-dealkylation sites (tertiary alicyclic amines) is 1. The highest BCUT2D eigenvalue weighted by atomic mass is 79.9. The van der Waals surface area contributed by atoms with Crippen LogP contribution in [0.25, 0.3) is 0 Å². The van der Waals surface area contributed by atoms with Crippen LogP contribution in [0.15, 0.2) is 27.5 Å². The van der Waals surface area contributed by atoms with E-state index in [9.17, 15) is 4.79 Å². The maximum absolute atomic E-state index is 12.2. The standard InChI is InChI=1S/C12H13BrN4O2/c1-8-4-11(15-19-8)12(18)16-3-2-10(7-16)17-6-9(13)5-14-17/h4-6,10H,2-3,7H2,1H3. The average molecular weight is 325 g/mol. The lowest BCUT2D eigenvalue weighted by atomic mass is 10.3. The van der Waals surface area contributed by atoms with E-state index < -0.39 is 0 Å². The third-order valence-electron chi connectivity index (χ3n) is 3.24. The van der Waals surface area contributed by atoms with Crippen molar-refractivity contribution in [1.82, 2.24) is 19.8 Å². The first-order valence-corrected chi connectivity index (χ1v) is 6.85. The van der Waals surface area contributed by atoms with Crippen molar-refractivity contribution in [1.29, 1.82) is 0 Å². The first kappa shape index (κ1) is 12.4. The number of aryl methyl sites for hydroxylation is 1. The molecule has 2 aromatic rings. The topological polar surface area (TPSA) is 64.2 Å². The van der Waals surface area contributed by atoms with Gasteiger partial charge in [0.2, 0.25) is 0 Å². The van der Waals surface area contributed by atoms with Gasteiger partial charge in [0.1, 0.15) is 5.76 Å². The van der Waals surface area contributed by atoms with Crippen LogP contribution in [0.2, 0.25) is 0 Å². The Morgan fingerprint density at radius 2 is 2.42 bits per heavy atom. The molecule has 100 valence electrons. The van der Waals surface area contributed by atoms with Crippen molar-refractivity contribution in [2.45, 2.75) is 19.4 Å². The summed E-state index contributed by atoms with van der Waals surface area (Å²) in [6.07, 6.45) is 4.58. The second-order valence-electron chi connectivity index (χ2n) is 4.66.